The number of aryl methyl sites for hydroxylation is 3. The summed E-state index contributed by atoms with van der Waals surface area (Å²) in [4.78, 5) is 25.5. The minimum Gasteiger partial charge on any atom is -0.497 e. The predicted octanol–water partition coefficient (Wildman–Crippen LogP) is 3.70. The molecule has 0 bridgehead atoms. The summed E-state index contributed by atoms with van der Waals surface area (Å²) < 4.78 is 5.15. The van der Waals surface area contributed by atoms with Gasteiger partial charge in [0, 0.05) is 12.2 Å². The van der Waals surface area contributed by atoms with Gasteiger partial charge in [0.25, 0.3) is 0 Å². The largest absolute Gasteiger partial charge is 0.497 e. The lowest BCUT2D eigenvalue weighted by Gasteiger charge is -2.18. The van der Waals surface area contributed by atoms with Crippen LogP contribution in [0.5, 0.6) is 5.75 Å². The second kappa shape index (κ2) is 8.05. The molecule has 2 amide bonds. The number of nitrogens with one attached hydrogen (secondary N) is 2. The van der Waals surface area contributed by atoms with Crippen LogP contribution in [0.1, 0.15) is 35.1 Å². The van der Waals surface area contributed by atoms with Gasteiger partial charge in [-0.1, -0.05) is 29.8 Å². The van der Waals surface area contributed by atoms with Crippen molar-refractivity contribution < 1.29 is 14.3 Å². The number of anilines is 1. The highest BCUT2D eigenvalue weighted by molar-refractivity contribution is 6.13. The summed E-state index contributed by atoms with van der Waals surface area (Å²) >= 11 is 0. The molecule has 148 valence electrons. The fraction of sp³-hybridized carbons (Fsp3) is 0.391. The summed E-state index contributed by atoms with van der Waals surface area (Å²) in [5.41, 5.74) is 4.19. The van der Waals surface area contributed by atoms with Crippen LogP contribution in [0, 0.1) is 26.2 Å². The van der Waals surface area contributed by atoms with Gasteiger partial charge in [-0.2, -0.15) is 0 Å². The Morgan fingerprint density at radius 1 is 1.00 bits per heavy atom. The quantitative estimate of drug-likeness (QED) is 0.720. The topological polar surface area (TPSA) is 67.4 Å². The van der Waals surface area contributed by atoms with Gasteiger partial charge in [0.05, 0.1) is 7.11 Å². The SMILES string of the molecule is COc1ccc(CCNC(=O)C2(C(=O)Nc3c(C)cc(C)cc3C)CC2)cc1. The molecule has 1 saturated carbocycles. The number of rotatable bonds is 7. The molecule has 0 radical (unpaired) electrons. The molecule has 0 heterocycles. The fourth-order valence-electron chi connectivity index (χ4n) is 3.57. The van der Waals surface area contributed by atoms with Crippen LogP contribution in [0.4, 0.5) is 5.69 Å². The van der Waals surface area contributed by atoms with Crippen molar-refractivity contribution in [3.63, 3.8) is 0 Å². The Morgan fingerprint density at radius 3 is 2.14 bits per heavy atom. The standard InChI is InChI=1S/C23H28N2O3/c1-15-13-16(2)20(17(3)14-15)25-22(27)23(10-11-23)21(26)24-12-9-18-5-7-19(28-4)8-6-18/h5-8,13-14H,9-12H2,1-4H3,(H,24,26)(H,25,27). The first-order valence-electron chi connectivity index (χ1n) is 9.66. The summed E-state index contributed by atoms with van der Waals surface area (Å²) in [7, 11) is 1.63. The Balaban J connectivity index is 1.58. The van der Waals surface area contributed by atoms with Crippen LogP contribution in [0.3, 0.4) is 0 Å². The molecule has 0 atom stereocenters. The van der Waals surface area contributed by atoms with Crippen LogP contribution in [0.15, 0.2) is 36.4 Å². The van der Waals surface area contributed by atoms with Crippen molar-refractivity contribution >= 4 is 17.5 Å². The molecular weight excluding hydrogens is 352 g/mol. The van der Waals surface area contributed by atoms with Gasteiger partial charge in [-0.25, -0.2) is 0 Å². The summed E-state index contributed by atoms with van der Waals surface area (Å²) in [6.45, 7) is 6.49. The Hall–Kier alpha value is -2.82. The van der Waals surface area contributed by atoms with E-state index in [9.17, 15) is 9.59 Å². The van der Waals surface area contributed by atoms with Gasteiger partial charge in [0.15, 0.2) is 0 Å². The molecule has 3 rings (SSSR count). The van der Waals surface area contributed by atoms with Gasteiger partial charge in [0.1, 0.15) is 11.2 Å². The molecule has 0 aromatic heterocycles. The molecular formula is C23H28N2O3. The van der Waals surface area contributed by atoms with Crippen molar-refractivity contribution in [1.29, 1.82) is 0 Å². The van der Waals surface area contributed by atoms with E-state index in [0.29, 0.717) is 25.8 Å². The van der Waals surface area contributed by atoms with E-state index in [-0.39, 0.29) is 11.8 Å². The lowest BCUT2D eigenvalue weighted by atomic mass is 10.0. The fourth-order valence-corrected chi connectivity index (χ4v) is 3.57. The number of amides is 2. The van der Waals surface area contributed by atoms with Crippen molar-refractivity contribution in [2.24, 2.45) is 5.41 Å². The van der Waals surface area contributed by atoms with Crippen molar-refractivity contribution in [2.45, 2.75) is 40.0 Å². The Morgan fingerprint density at radius 2 is 1.61 bits per heavy atom. The zero-order chi connectivity index (χ0) is 20.3. The van der Waals surface area contributed by atoms with Crippen molar-refractivity contribution in [2.75, 3.05) is 19.0 Å². The van der Waals surface area contributed by atoms with Gasteiger partial charge in [0.2, 0.25) is 11.8 Å². The smallest absolute Gasteiger partial charge is 0.240 e. The molecule has 2 aromatic rings. The Labute approximate surface area is 166 Å². The lowest BCUT2D eigenvalue weighted by Crippen LogP contribution is -2.40. The first-order valence-corrected chi connectivity index (χ1v) is 9.66. The van der Waals surface area contributed by atoms with E-state index >= 15 is 0 Å². The van der Waals surface area contributed by atoms with E-state index in [1.807, 2.05) is 57.2 Å². The summed E-state index contributed by atoms with van der Waals surface area (Å²) in [5, 5.41) is 5.93. The van der Waals surface area contributed by atoms with E-state index in [0.717, 1.165) is 33.7 Å². The van der Waals surface area contributed by atoms with Crippen molar-refractivity contribution in [1.82, 2.24) is 5.32 Å². The highest BCUT2D eigenvalue weighted by atomic mass is 16.5. The van der Waals surface area contributed by atoms with E-state index < -0.39 is 5.41 Å². The third-order valence-corrected chi connectivity index (χ3v) is 5.39. The first kappa shape index (κ1) is 19.9. The van der Waals surface area contributed by atoms with Gasteiger partial charge in [-0.3, -0.25) is 9.59 Å². The van der Waals surface area contributed by atoms with E-state index in [1.54, 1.807) is 7.11 Å². The second-order valence-electron chi connectivity index (χ2n) is 7.66. The zero-order valence-corrected chi connectivity index (χ0v) is 17.0. The van der Waals surface area contributed by atoms with E-state index in [1.165, 1.54) is 0 Å². The van der Waals surface area contributed by atoms with Crippen molar-refractivity contribution in [3.8, 4) is 5.75 Å². The Bertz CT molecular complexity index is 860. The zero-order valence-electron chi connectivity index (χ0n) is 17.0. The Kier molecular flexibility index (Phi) is 5.73. The number of hydrogen-bond donors (Lipinski definition) is 2. The molecule has 0 saturated heterocycles. The minimum atomic E-state index is -0.927. The van der Waals surface area contributed by atoms with Crippen molar-refractivity contribution in [3.05, 3.63) is 58.7 Å². The first-order chi connectivity index (χ1) is 13.4. The molecule has 5 heteroatoms. The molecule has 1 fully saturated rings. The number of benzene rings is 2. The molecule has 0 aliphatic heterocycles. The second-order valence-corrected chi connectivity index (χ2v) is 7.66. The number of carbonyl (C=O) groups excluding carboxylic acids is 2. The number of hydrogen-bond acceptors (Lipinski definition) is 3. The van der Waals surface area contributed by atoms with Crippen LogP contribution in [0.25, 0.3) is 0 Å². The maximum atomic E-state index is 12.8. The molecule has 0 spiro atoms. The average Bonchev–Trinajstić information content (AvgIpc) is 3.47. The molecule has 1 aliphatic carbocycles. The average molecular weight is 380 g/mol. The monoisotopic (exact) mass is 380 g/mol. The molecule has 2 aromatic carbocycles. The van der Waals surface area contributed by atoms with E-state index in [2.05, 4.69) is 10.6 Å². The minimum absolute atomic E-state index is 0.180. The highest BCUT2D eigenvalue weighted by Crippen LogP contribution is 2.47. The number of methoxy groups -OCH3 is 1. The molecule has 2 N–H and O–H groups in total. The number of carbonyl (C=O) groups is 2. The van der Waals surface area contributed by atoms with Gasteiger partial charge in [-0.15, -0.1) is 0 Å². The van der Waals surface area contributed by atoms with Gasteiger partial charge >= 0.3 is 0 Å². The van der Waals surface area contributed by atoms with Crippen LogP contribution in [0.2, 0.25) is 0 Å². The highest BCUT2D eigenvalue weighted by Gasteiger charge is 2.56. The van der Waals surface area contributed by atoms with Crippen LogP contribution >= 0.6 is 0 Å². The predicted molar refractivity (Wildman–Crippen MR) is 111 cm³/mol. The summed E-state index contributed by atoms with van der Waals surface area (Å²) in [5.74, 6) is 0.425. The summed E-state index contributed by atoms with van der Waals surface area (Å²) in [6, 6.07) is 11.8. The molecule has 28 heavy (non-hydrogen) atoms. The third-order valence-electron chi connectivity index (χ3n) is 5.39. The summed E-state index contributed by atoms with van der Waals surface area (Å²) in [6.07, 6.45) is 1.90. The van der Waals surface area contributed by atoms with Crippen LogP contribution in [-0.2, 0) is 16.0 Å². The van der Waals surface area contributed by atoms with Gasteiger partial charge in [-0.05, 0) is 68.9 Å². The van der Waals surface area contributed by atoms with Crippen LogP contribution in [-0.4, -0.2) is 25.5 Å². The van der Waals surface area contributed by atoms with Crippen LogP contribution < -0.4 is 15.4 Å². The maximum absolute atomic E-state index is 12.8. The molecule has 5 nitrogen and oxygen atoms in total. The normalized spacial score (nSPS) is 14.3. The van der Waals surface area contributed by atoms with E-state index in [4.69, 9.17) is 4.74 Å². The molecule has 1 aliphatic rings. The molecule has 0 unspecified atom stereocenters. The third kappa shape index (κ3) is 4.19. The lowest BCUT2D eigenvalue weighted by molar-refractivity contribution is -0.134. The van der Waals surface area contributed by atoms with Gasteiger partial charge < -0.3 is 15.4 Å². The maximum Gasteiger partial charge on any atom is 0.240 e. The number of ether oxygens (including phenoxy) is 1.